The van der Waals surface area contributed by atoms with Gasteiger partial charge in [-0.2, -0.15) is 0 Å². The standard InChI is InChI=1S/C13H26O4/c1-2-3-4-5-6-7-8-9-16-10-11-17-12-13(14)15/h2-12H2,1H3,(H,14,15). The van der Waals surface area contributed by atoms with Crippen LogP contribution in [0.4, 0.5) is 0 Å². The van der Waals surface area contributed by atoms with Gasteiger partial charge in [-0.1, -0.05) is 45.4 Å². The van der Waals surface area contributed by atoms with Crippen molar-refractivity contribution in [2.24, 2.45) is 0 Å². The number of rotatable bonds is 13. The minimum absolute atomic E-state index is 0.235. The number of carbonyl (C=O) groups is 1. The molecule has 0 atom stereocenters. The molecule has 0 aliphatic heterocycles. The fourth-order valence-electron chi connectivity index (χ4n) is 1.54. The summed E-state index contributed by atoms with van der Waals surface area (Å²) in [6, 6.07) is 0. The van der Waals surface area contributed by atoms with Gasteiger partial charge in [-0.25, -0.2) is 4.79 Å². The zero-order chi connectivity index (χ0) is 12.8. The van der Waals surface area contributed by atoms with Crippen molar-refractivity contribution >= 4 is 5.97 Å². The molecule has 0 heterocycles. The Hall–Kier alpha value is -0.610. The van der Waals surface area contributed by atoms with Crippen LogP contribution in [-0.2, 0) is 14.3 Å². The molecule has 0 amide bonds. The molecule has 0 radical (unpaired) electrons. The normalized spacial score (nSPS) is 10.6. The molecular formula is C13H26O4. The Bertz CT molecular complexity index is 171. The molecule has 0 unspecified atom stereocenters. The average molecular weight is 246 g/mol. The molecule has 0 bridgehead atoms. The third kappa shape index (κ3) is 15.4. The van der Waals surface area contributed by atoms with Crippen molar-refractivity contribution in [2.75, 3.05) is 26.4 Å². The molecule has 102 valence electrons. The van der Waals surface area contributed by atoms with Gasteiger partial charge < -0.3 is 14.6 Å². The van der Waals surface area contributed by atoms with E-state index in [2.05, 4.69) is 6.92 Å². The highest BCUT2D eigenvalue weighted by molar-refractivity contribution is 5.67. The second-order valence-corrected chi connectivity index (χ2v) is 4.18. The summed E-state index contributed by atoms with van der Waals surface area (Å²) in [6.45, 7) is 3.59. The Morgan fingerprint density at radius 3 is 2.12 bits per heavy atom. The molecule has 0 aromatic carbocycles. The zero-order valence-corrected chi connectivity index (χ0v) is 11.0. The maximum absolute atomic E-state index is 10.1. The minimum atomic E-state index is -0.933. The molecule has 0 aromatic heterocycles. The molecule has 0 spiro atoms. The number of ether oxygens (including phenoxy) is 2. The molecule has 0 rings (SSSR count). The van der Waals surface area contributed by atoms with Gasteiger partial charge in [-0.3, -0.25) is 0 Å². The van der Waals surface area contributed by atoms with Gasteiger partial charge in [-0.15, -0.1) is 0 Å². The highest BCUT2D eigenvalue weighted by atomic mass is 16.5. The van der Waals surface area contributed by atoms with Crippen LogP contribution >= 0.6 is 0 Å². The second-order valence-electron chi connectivity index (χ2n) is 4.18. The summed E-state index contributed by atoms with van der Waals surface area (Å²) in [6.07, 6.45) is 8.91. The van der Waals surface area contributed by atoms with Crippen molar-refractivity contribution < 1.29 is 19.4 Å². The first-order valence-corrected chi connectivity index (χ1v) is 6.64. The highest BCUT2D eigenvalue weighted by Gasteiger charge is 1.96. The van der Waals surface area contributed by atoms with Crippen LogP contribution < -0.4 is 0 Å². The SMILES string of the molecule is CCCCCCCCCOCCOCC(=O)O. The smallest absolute Gasteiger partial charge is 0.329 e. The minimum Gasteiger partial charge on any atom is -0.480 e. The van der Waals surface area contributed by atoms with Gasteiger partial charge in [0.25, 0.3) is 0 Å². The molecular weight excluding hydrogens is 220 g/mol. The Balaban J connectivity index is 2.91. The molecule has 17 heavy (non-hydrogen) atoms. The van der Waals surface area contributed by atoms with Crippen molar-refractivity contribution in [1.82, 2.24) is 0 Å². The molecule has 0 aromatic rings. The first-order chi connectivity index (χ1) is 8.27. The fraction of sp³-hybridized carbons (Fsp3) is 0.923. The third-order valence-corrected chi connectivity index (χ3v) is 2.49. The molecule has 0 fully saturated rings. The monoisotopic (exact) mass is 246 g/mol. The number of aliphatic carboxylic acids is 1. The number of carboxylic acid groups (broad SMARTS) is 1. The fourth-order valence-corrected chi connectivity index (χ4v) is 1.54. The van der Waals surface area contributed by atoms with Gasteiger partial charge in [0.2, 0.25) is 0 Å². The van der Waals surface area contributed by atoms with Crippen LogP contribution in [0.1, 0.15) is 51.9 Å². The second kappa shape index (κ2) is 13.5. The van der Waals surface area contributed by atoms with Crippen LogP contribution in [0.25, 0.3) is 0 Å². The van der Waals surface area contributed by atoms with Crippen molar-refractivity contribution in [3.05, 3.63) is 0 Å². The van der Waals surface area contributed by atoms with Crippen LogP contribution in [-0.4, -0.2) is 37.5 Å². The van der Waals surface area contributed by atoms with Crippen molar-refractivity contribution in [1.29, 1.82) is 0 Å². The number of hydrogen-bond acceptors (Lipinski definition) is 3. The quantitative estimate of drug-likeness (QED) is 0.508. The lowest BCUT2D eigenvalue weighted by molar-refractivity contribution is -0.142. The Kier molecular flexibility index (Phi) is 13.0. The van der Waals surface area contributed by atoms with Gasteiger partial charge in [0.1, 0.15) is 6.61 Å². The third-order valence-electron chi connectivity index (χ3n) is 2.49. The van der Waals surface area contributed by atoms with Crippen LogP contribution in [0.15, 0.2) is 0 Å². The maximum Gasteiger partial charge on any atom is 0.329 e. The number of hydrogen-bond donors (Lipinski definition) is 1. The zero-order valence-electron chi connectivity index (χ0n) is 11.0. The predicted molar refractivity (Wildman–Crippen MR) is 67.3 cm³/mol. The number of unbranched alkanes of at least 4 members (excludes halogenated alkanes) is 6. The summed E-state index contributed by atoms with van der Waals surface area (Å²) in [4.78, 5) is 10.1. The van der Waals surface area contributed by atoms with Crippen molar-refractivity contribution in [3.8, 4) is 0 Å². The molecule has 0 saturated heterocycles. The summed E-state index contributed by atoms with van der Waals surface area (Å²) in [5, 5.41) is 8.31. The van der Waals surface area contributed by atoms with Gasteiger partial charge in [0, 0.05) is 6.61 Å². The Morgan fingerprint density at radius 2 is 1.47 bits per heavy atom. The van der Waals surface area contributed by atoms with E-state index >= 15 is 0 Å². The lowest BCUT2D eigenvalue weighted by Gasteiger charge is -2.04. The van der Waals surface area contributed by atoms with Crippen LogP contribution in [0, 0.1) is 0 Å². The van der Waals surface area contributed by atoms with E-state index in [0.717, 1.165) is 13.0 Å². The largest absolute Gasteiger partial charge is 0.480 e. The van der Waals surface area contributed by atoms with Gasteiger partial charge in [0.05, 0.1) is 13.2 Å². The highest BCUT2D eigenvalue weighted by Crippen LogP contribution is 2.06. The van der Waals surface area contributed by atoms with Gasteiger partial charge in [-0.05, 0) is 6.42 Å². The molecule has 4 nitrogen and oxygen atoms in total. The lowest BCUT2D eigenvalue weighted by atomic mass is 10.1. The summed E-state index contributed by atoms with van der Waals surface area (Å²) in [7, 11) is 0. The number of carboxylic acids is 1. The maximum atomic E-state index is 10.1. The Morgan fingerprint density at radius 1 is 0.882 bits per heavy atom. The van der Waals surface area contributed by atoms with Crippen LogP contribution in [0.5, 0.6) is 0 Å². The molecule has 4 heteroatoms. The lowest BCUT2D eigenvalue weighted by Crippen LogP contribution is -2.11. The van der Waals surface area contributed by atoms with Crippen molar-refractivity contribution in [3.63, 3.8) is 0 Å². The van der Waals surface area contributed by atoms with Gasteiger partial charge in [0.15, 0.2) is 0 Å². The summed E-state index contributed by atoms with van der Waals surface area (Å²) < 4.78 is 10.2. The summed E-state index contributed by atoms with van der Waals surface area (Å²) >= 11 is 0. The predicted octanol–water partition coefficient (Wildman–Crippen LogP) is 2.85. The van der Waals surface area contributed by atoms with E-state index in [9.17, 15) is 4.79 Å². The molecule has 1 N–H and O–H groups in total. The van der Waals surface area contributed by atoms with E-state index in [1.54, 1.807) is 0 Å². The molecule has 0 aliphatic rings. The van der Waals surface area contributed by atoms with E-state index in [4.69, 9.17) is 14.6 Å². The van der Waals surface area contributed by atoms with Crippen LogP contribution in [0.3, 0.4) is 0 Å². The van der Waals surface area contributed by atoms with E-state index in [0.29, 0.717) is 13.2 Å². The van der Waals surface area contributed by atoms with Gasteiger partial charge >= 0.3 is 5.97 Å². The van der Waals surface area contributed by atoms with E-state index in [-0.39, 0.29) is 6.61 Å². The van der Waals surface area contributed by atoms with E-state index < -0.39 is 5.97 Å². The summed E-state index contributed by atoms with van der Waals surface area (Å²) in [5.74, 6) is -0.933. The first-order valence-electron chi connectivity index (χ1n) is 6.64. The average Bonchev–Trinajstić information content (AvgIpc) is 2.30. The van der Waals surface area contributed by atoms with E-state index in [1.165, 1.54) is 38.5 Å². The topological polar surface area (TPSA) is 55.8 Å². The Labute approximate surface area is 104 Å². The molecule has 0 saturated carbocycles. The summed E-state index contributed by atoms with van der Waals surface area (Å²) in [5.41, 5.74) is 0. The first kappa shape index (κ1) is 16.4. The van der Waals surface area contributed by atoms with Crippen molar-refractivity contribution in [2.45, 2.75) is 51.9 Å². The molecule has 0 aliphatic carbocycles. The van der Waals surface area contributed by atoms with Crippen LogP contribution in [0.2, 0.25) is 0 Å². The van der Waals surface area contributed by atoms with E-state index in [1.807, 2.05) is 0 Å².